The van der Waals surface area contributed by atoms with Gasteiger partial charge in [-0.15, -0.1) is 0 Å². The van der Waals surface area contributed by atoms with E-state index in [1.165, 1.54) is 30.7 Å². The van der Waals surface area contributed by atoms with Crippen molar-refractivity contribution in [1.29, 1.82) is 0 Å². The Labute approximate surface area is 106 Å². The molecule has 0 aromatic carbocycles. The van der Waals surface area contributed by atoms with Crippen LogP contribution in [-0.4, -0.2) is 4.98 Å². The SMILES string of the molecule is CC(C)C(c1cccc(C2CCC2)n1)C(C)C. The van der Waals surface area contributed by atoms with Crippen molar-refractivity contribution in [3.8, 4) is 0 Å². The maximum absolute atomic E-state index is 4.94. The summed E-state index contributed by atoms with van der Waals surface area (Å²) in [6, 6.07) is 6.63. The molecule has 1 aliphatic carbocycles. The molecule has 1 heterocycles. The van der Waals surface area contributed by atoms with Gasteiger partial charge in [-0.05, 0) is 36.8 Å². The van der Waals surface area contributed by atoms with Gasteiger partial charge in [-0.3, -0.25) is 4.98 Å². The van der Waals surface area contributed by atoms with Crippen molar-refractivity contribution in [1.82, 2.24) is 4.98 Å². The maximum Gasteiger partial charge on any atom is 0.0443 e. The highest BCUT2D eigenvalue weighted by molar-refractivity contribution is 5.19. The van der Waals surface area contributed by atoms with Crippen molar-refractivity contribution in [2.24, 2.45) is 11.8 Å². The lowest BCUT2D eigenvalue weighted by molar-refractivity contribution is 0.372. The van der Waals surface area contributed by atoms with E-state index in [9.17, 15) is 0 Å². The van der Waals surface area contributed by atoms with Crippen LogP contribution in [0.3, 0.4) is 0 Å². The zero-order chi connectivity index (χ0) is 12.4. The second kappa shape index (κ2) is 5.20. The van der Waals surface area contributed by atoms with Crippen molar-refractivity contribution in [3.05, 3.63) is 29.6 Å². The fourth-order valence-corrected chi connectivity index (χ4v) is 3.04. The summed E-state index contributed by atoms with van der Waals surface area (Å²) in [6.07, 6.45) is 4.06. The number of hydrogen-bond acceptors (Lipinski definition) is 1. The lowest BCUT2D eigenvalue weighted by Gasteiger charge is -2.28. The molecule has 0 atom stereocenters. The van der Waals surface area contributed by atoms with Crippen LogP contribution in [0.4, 0.5) is 0 Å². The second-order valence-electron chi connectivity index (χ2n) is 6.13. The molecule has 1 fully saturated rings. The third kappa shape index (κ3) is 2.70. The summed E-state index contributed by atoms with van der Waals surface area (Å²) in [5, 5.41) is 0. The van der Waals surface area contributed by atoms with Gasteiger partial charge in [0.1, 0.15) is 0 Å². The Morgan fingerprint density at radius 2 is 1.71 bits per heavy atom. The number of pyridine rings is 1. The van der Waals surface area contributed by atoms with Crippen LogP contribution in [0.1, 0.15) is 70.2 Å². The standard InChI is InChI=1S/C16H25N/c1-11(2)16(12(3)4)15-10-6-9-14(17-15)13-7-5-8-13/h6,9-13,16H,5,7-8H2,1-4H3. The summed E-state index contributed by atoms with van der Waals surface area (Å²) in [5.74, 6) is 2.67. The van der Waals surface area contributed by atoms with Crippen molar-refractivity contribution >= 4 is 0 Å². The van der Waals surface area contributed by atoms with Crippen molar-refractivity contribution < 1.29 is 0 Å². The van der Waals surface area contributed by atoms with Gasteiger partial charge in [-0.1, -0.05) is 40.2 Å². The lowest BCUT2D eigenvalue weighted by atomic mass is 9.80. The van der Waals surface area contributed by atoms with Crippen LogP contribution in [-0.2, 0) is 0 Å². The van der Waals surface area contributed by atoms with E-state index in [1.807, 2.05) is 0 Å². The average Bonchev–Trinajstić information content (AvgIpc) is 2.14. The van der Waals surface area contributed by atoms with Crippen molar-refractivity contribution in [3.63, 3.8) is 0 Å². The van der Waals surface area contributed by atoms with Crippen LogP contribution in [0.2, 0.25) is 0 Å². The smallest absolute Gasteiger partial charge is 0.0443 e. The van der Waals surface area contributed by atoms with Crippen LogP contribution in [0.15, 0.2) is 18.2 Å². The topological polar surface area (TPSA) is 12.9 Å². The summed E-state index contributed by atoms with van der Waals surface area (Å²) in [5.41, 5.74) is 2.64. The molecule has 2 rings (SSSR count). The van der Waals surface area contributed by atoms with Gasteiger partial charge in [-0.25, -0.2) is 0 Å². The van der Waals surface area contributed by atoms with Gasteiger partial charge in [0.15, 0.2) is 0 Å². The molecule has 1 aliphatic rings. The van der Waals surface area contributed by atoms with Gasteiger partial charge in [0.25, 0.3) is 0 Å². The van der Waals surface area contributed by atoms with Gasteiger partial charge >= 0.3 is 0 Å². The number of aromatic nitrogens is 1. The van der Waals surface area contributed by atoms with E-state index in [4.69, 9.17) is 4.98 Å². The fraction of sp³-hybridized carbons (Fsp3) is 0.688. The third-order valence-electron chi connectivity index (χ3n) is 4.09. The summed E-state index contributed by atoms with van der Waals surface area (Å²) >= 11 is 0. The molecule has 0 N–H and O–H groups in total. The van der Waals surface area contributed by atoms with E-state index in [2.05, 4.69) is 45.9 Å². The van der Waals surface area contributed by atoms with Crippen LogP contribution < -0.4 is 0 Å². The monoisotopic (exact) mass is 231 g/mol. The molecular formula is C16H25N. The van der Waals surface area contributed by atoms with Crippen LogP contribution in [0.25, 0.3) is 0 Å². The van der Waals surface area contributed by atoms with Crippen molar-refractivity contribution in [2.45, 2.75) is 58.8 Å². The minimum absolute atomic E-state index is 0.593. The Hall–Kier alpha value is -0.850. The second-order valence-corrected chi connectivity index (χ2v) is 6.13. The van der Waals surface area contributed by atoms with Gasteiger partial charge in [-0.2, -0.15) is 0 Å². The van der Waals surface area contributed by atoms with Crippen LogP contribution >= 0.6 is 0 Å². The first-order chi connectivity index (χ1) is 8.09. The first kappa shape index (κ1) is 12.6. The van der Waals surface area contributed by atoms with Gasteiger partial charge in [0.05, 0.1) is 0 Å². The summed E-state index contributed by atoms with van der Waals surface area (Å²) < 4.78 is 0. The molecule has 1 aromatic heterocycles. The molecule has 1 aromatic rings. The molecule has 0 saturated heterocycles. The van der Waals surface area contributed by atoms with E-state index < -0.39 is 0 Å². The highest BCUT2D eigenvalue weighted by Crippen LogP contribution is 2.37. The predicted molar refractivity (Wildman–Crippen MR) is 73.2 cm³/mol. The molecule has 1 nitrogen and oxygen atoms in total. The molecule has 0 amide bonds. The van der Waals surface area contributed by atoms with Gasteiger partial charge in [0, 0.05) is 23.2 Å². The van der Waals surface area contributed by atoms with Crippen LogP contribution in [0.5, 0.6) is 0 Å². The molecule has 0 unspecified atom stereocenters. The average molecular weight is 231 g/mol. The minimum atomic E-state index is 0.593. The fourth-order valence-electron chi connectivity index (χ4n) is 3.04. The lowest BCUT2D eigenvalue weighted by Crippen LogP contribution is -2.17. The first-order valence-corrected chi connectivity index (χ1v) is 7.06. The zero-order valence-corrected chi connectivity index (χ0v) is 11.6. The largest absolute Gasteiger partial charge is 0.257 e. The van der Waals surface area contributed by atoms with E-state index >= 15 is 0 Å². The molecule has 0 spiro atoms. The summed E-state index contributed by atoms with van der Waals surface area (Å²) in [6.45, 7) is 9.23. The highest BCUT2D eigenvalue weighted by Gasteiger charge is 2.24. The van der Waals surface area contributed by atoms with E-state index in [0.717, 1.165) is 5.92 Å². The highest BCUT2D eigenvalue weighted by atomic mass is 14.7. The van der Waals surface area contributed by atoms with E-state index in [1.54, 1.807) is 0 Å². The molecular weight excluding hydrogens is 206 g/mol. The summed E-state index contributed by atoms with van der Waals surface area (Å²) in [7, 11) is 0. The molecule has 0 bridgehead atoms. The Kier molecular flexibility index (Phi) is 3.86. The molecule has 0 radical (unpaired) electrons. The number of rotatable bonds is 4. The molecule has 0 aliphatic heterocycles. The Balaban J connectivity index is 2.24. The van der Waals surface area contributed by atoms with E-state index in [-0.39, 0.29) is 0 Å². The predicted octanol–water partition coefficient (Wildman–Crippen LogP) is 4.74. The normalized spacial score (nSPS) is 16.9. The maximum atomic E-state index is 4.94. The van der Waals surface area contributed by atoms with Crippen molar-refractivity contribution in [2.75, 3.05) is 0 Å². The number of hydrogen-bond donors (Lipinski definition) is 0. The quantitative estimate of drug-likeness (QED) is 0.729. The Morgan fingerprint density at radius 1 is 1.06 bits per heavy atom. The third-order valence-corrected chi connectivity index (χ3v) is 4.09. The molecule has 94 valence electrons. The van der Waals surface area contributed by atoms with Gasteiger partial charge < -0.3 is 0 Å². The van der Waals surface area contributed by atoms with Crippen LogP contribution in [0, 0.1) is 11.8 Å². The first-order valence-electron chi connectivity index (χ1n) is 7.06. The molecule has 1 heteroatoms. The summed E-state index contributed by atoms with van der Waals surface area (Å²) in [4.78, 5) is 4.94. The van der Waals surface area contributed by atoms with E-state index in [0.29, 0.717) is 17.8 Å². The Morgan fingerprint density at radius 3 is 2.18 bits per heavy atom. The minimum Gasteiger partial charge on any atom is -0.257 e. The molecule has 17 heavy (non-hydrogen) atoms. The van der Waals surface area contributed by atoms with Gasteiger partial charge in [0.2, 0.25) is 0 Å². The molecule has 1 saturated carbocycles. The zero-order valence-electron chi connectivity index (χ0n) is 11.6. The Bertz CT molecular complexity index is 356. The number of nitrogens with zero attached hydrogens (tertiary/aromatic N) is 1.